The molecule has 1 aliphatic heterocycles. The van der Waals surface area contributed by atoms with Crippen molar-refractivity contribution >= 4 is 5.78 Å². The summed E-state index contributed by atoms with van der Waals surface area (Å²) in [5, 5.41) is 13.6. The molecule has 1 heterocycles. The molecule has 0 aromatic heterocycles. The molecule has 5 heteroatoms. The second kappa shape index (κ2) is 7.10. The van der Waals surface area contributed by atoms with Gasteiger partial charge in [-0.2, -0.15) is 5.26 Å². The highest BCUT2D eigenvalue weighted by Crippen LogP contribution is 2.49. The van der Waals surface area contributed by atoms with Crippen molar-refractivity contribution < 1.29 is 4.79 Å². The molecule has 0 bridgehead atoms. The largest absolute Gasteiger partial charge is 0.383 e. The summed E-state index contributed by atoms with van der Waals surface area (Å²) < 4.78 is 0. The monoisotopic (exact) mass is 378 g/mol. The van der Waals surface area contributed by atoms with Crippen LogP contribution in [0.15, 0.2) is 46.9 Å². The Bertz CT molecular complexity index is 898. The van der Waals surface area contributed by atoms with Crippen molar-refractivity contribution in [1.29, 1.82) is 5.26 Å². The Balaban J connectivity index is 2.23. The SMILES string of the molecule is CC(C)c1ccc(C2C(C#N)=C(N)N(N(C)C)C3=C2C(=O)CC(C)(C)C3)cc1. The first-order valence-electron chi connectivity index (χ1n) is 9.80. The molecular formula is C23H30N4O. The fourth-order valence-corrected chi connectivity index (χ4v) is 4.36. The lowest BCUT2D eigenvalue weighted by molar-refractivity contribution is -0.119. The normalized spacial score (nSPS) is 22.0. The molecule has 3 rings (SSSR count). The summed E-state index contributed by atoms with van der Waals surface area (Å²) in [6, 6.07) is 10.5. The van der Waals surface area contributed by atoms with Crippen molar-refractivity contribution in [3.8, 4) is 6.07 Å². The average molecular weight is 379 g/mol. The van der Waals surface area contributed by atoms with E-state index in [0.717, 1.165) is 23.3 Å². The minimum atomic E-state index is -0.402. The van der Waals surface area contributed by atoms with Crippen molar-refractivity contribution in [2.75, 3.05) is 14.1 Å². The van der Waals surface area contributed by atoms with Crippen LogP contribution in [0.25, 0.3) is 0 Å². The van der Waals surface area contributed by atoms with Gasteiger partial charge in [-0.25, -0.2) is 5.01 Å². The molecule has 2 N–H and O–H groups in total. The number of hydrogen-bond donors (Lipinski definition) is 1. The molecule has 1 unspecified atom stereocenters. The van der Waals surface area contributed by atoms with E-state index in [2.05, 4.69) is 45.9 Å². The maximum Gasteiger partial charge on any atom is 0.162 e. The van der Waals surface area contributed by atoms with Crippen LogP contribution in [0.4, 0.5) is 0 Å². The minimum absolute atomic E-state index is 0.108. The van der Waals surface area contributed by atoms with Gasteiger partial charge in [0.05, 0.1) is 17.6 Å². The lowest BCUT2D eigenvalue weighted by Gasteiger charge is -2.45. The van der Waals surface area contributed by atoms with Crippen LogP contribution in [0.3, 0.4) is 0 Å². The van der Waals surface area contributed by atoms with E-state index in [1.165, 1.54) is 5.56 Å². The molecule has 148 valence electrons. The van der Waals surface area contributed by atoms with E-state index in [1.807, 2.05) is 36.2 Å². The van der Waals surface area contributed by atoms with E-state index in [1.54, 1.807) is 0 Å². The van der Waals surface area contributed by atoms with Gasteiger partial charge in [-0.1, -0.05) is 52.0 Å². The first kappa shape index (κ1) is 20.2. The smallest absolute Gasteiger partial charge is 0.162 e. The molecule has 0 amide bonds. The third kappa shape index (κ3) is 3.33. The van der Waals surface area contributed by atoms with E-state index in [4.69, 9.17) is 5.73 Å². The molecule has 1 aromatic rings. The summed E-state index contributed by atoms with van der Waals surface area (Å²) in [5.74, 6) is 0.541. The number of rotatable bonds is 3. The number of carbonyl (C=O) groups is 1. The van der Waals surface area contributed by atoms with Crippen molar-refractivity contribution in [2.24, 2.45) is 11.1 Å². The lowest BCUT2D eigenvalue weighted by Crippen LogP contribution is -2.47. The number of nitrogens with zero attached hydrogens (tertiary/aromatic N) is 3. The van der Waals surface area contributed by atoms with Gasteiger partial charge in [-0.15, -0.1) is 0 Å². The third-order valence-corrected chi connectivity index (χ3v) is 5.69. The van der Waals surface area contributed by atoms with Crippen LogP contribution in [-0.4, -0.2) is 29.9 Å². The number of benzene rings is 1. The fraction of sp³-hybridized carbons (Fsp3) is 0.478. The van der Waals surface area contributed by atoms with E-state index >= 15 is 0 Å². The van der Waals surface area contributed by atoms with Gasteiger partial charge in [0, 0.05) is 31.8 Å². The van der Waals surface area contributed by atoms with Gasteiger partial charge in [0.15, 0.2) is 5.78 Å². The molecule has 0 saturated carbocycles. The van der Waals surface area contributed by atoms with Crippen molar-refractivity contribution in [3.63, 3.8) is 0 Å². The summed E-state index contributed by atoms with van der Waals surface area (Å²) in [4.78, 5) is 13.3. The predicted molar refractivity (Wildman–Crippen MR) is 111 cm³/mol. The van der Waals surface area contributed by atoms with Gasteiger partial charge in [-0.05, 0) is 28.9 Å². The number of allylic oxidation sites excluding steroid dienone is 3. The number of nitriles is 1. The molecular weight excluding hydrogens is 348 g/mol. The van der Waals surface area contributed by atoms with Gasteiger partial charge in [0.2, 0.25) is 0 Å². The molecule has 2 aliphatic rings. The highest BCUT2D eigenvalue weighted by molar-refractivity contribution is 6.00. The molecule has 1 aliphatic carbocycles. The number of carbonyl (C=O) groups excluding carboxylic acids is 1. The van der Waals surface area contributed by atoms with Gasteiger partial charge >= 0.3 is 0 Å². The summed E-state index contributed by atoms with van der Waals surface area (Å²) in [6.07, 6.45) is 1.22. The van der Waals surface area contributed by atoms with E-state index in [-0.39, 0.29) is 11.2 Å². The van der Waals surface area contributed by atoms with Crippen molar-refractivity contribution in [1.82, 2.24) is 10.0 Å². The number of hydrogen-bond acceptors (Lipinski definition) is 5. The number of nitrogens with two attached hydrogens (primary N) is 1. The third-order valence-electron chi connectivity index (χ3n) is 5.69. The van der Waals surface area contributed by atoms with E-state index in [9.17, 15) is 10.1 Å². The fourth-order valence-electron chi connectivity index (χ4n) is 4.36. The quantitative estimate of drug-likeness (QED) is 0.860. The Labute approximate surface area is 168 Å². The standard InChI is InChI=1S/C23H30N4O/c1-14(2)15-7-9-16(10-8-15)20-17(13-24)22(25)27(26(5)6)18-11-23(3,4)12-19(28)21(18)20/h7-10,14,20H,11-12,25H2,1-6H3. The van der Waals surface area contributed by atoms with Crippen LogP contribution in [0.2, 0.25) is 0 Å². The Morgan fingerprint density at radius 1 is 1.21 bits per heavy atom. The Hall–Kier alpha value is -2.58. The van der Waals surface area contributed by atoms with Gasteiger partial charge < -0.3 is 5.73 Å². The molecule has 5 nitrogen and oxygen atoms in total. The molecule has 0 spiro atoms. The maximum absolute atomic E-state index is 13.3. The van der Waals surface area contributed by atoms with E-state index < -0.39 is 5.92 Å². The second-order valence-electron chi connectivity index (χ2n) is 9.13. The Morgan fingerprint density at radius 2 is 1.82 bits per heavy atom. The summed E-state index contributed by atoms with van der Waals surface area (Å²) >= 11 is 0. The van der Waals surface area contributed by atoms with Crippen LogP contribution >= 0.6 is 0 Å². The molecule has 0 radical (unpaired) electrons. The lowest BCUT2D eigenvalue weighted by atomic mass is 9.69. The first-order valence-corrected chi connectivity index (χ1v) is 9.80. The van der Waals surface area contributed by atoms with Crippen molar-refractivity contribution in [3.05, 3.63) is 58.1 Å². The van der Waals surface area contributed by atoms with Gasteiger partial charge in [-0.3, -0.25) is 9.80 Å². The predicted octanol–water partition coefficient (Wildman–Crippen LogP) is 4.02. The van der Waals surface area contributed by atoms with Crippen LogP contribution in [0.5, 0.6) is 0 Å². The first-order chi connectivity index (χ1) is 13.1. The van der Waals surface area contributed by atoms with Crippen LogP contribution < -0.4 is 5.73 Å². The highest BCUT2D eigenvalue weighted by atomic mass is 16.1. The average Bonchev–Trinajstić information content (AvgIpc) is 2.59. The number of ketones is 1. The van der Waals surface area contributed by atoms with Crippen LogP contribution in [-0.2, 0) is 4.79 Å². The second-order valence-corrected chi connectivity index (χ2v) is 9.13. The Morgan fingerprint density at radius 3 is 2.32 bits per heavy atom. The van der Waals surface area contributed by atoms with Crippen molar-refractivity contribution in [2.45, 2.75) is 52.4 Å². The number of hydrazine groups is 1. The number of Topliss-reactive ketones (excluding diaryl/α,β-unsaturated/α-hetero) is 1. The molecule has 1 atom stereocenters. The molecule has 0 saturated heterocycles. The zero-order valence-electron chi connectivity index (χ0n) is 17.7. The molecule has 1 aromatic carbocycles. The molecule has 0 fully saturated rings. The van der Waals surface area contributed by atoms with Crippen LogP contribution in [0, 0.1) is 16.7 Å². The van der Waals surface area contributed by atoms with E-state index in [0.29, 0.717) is 23.7 Å². The van der Waals surface area contributed by atoms with Gasteiger partial charge in [0.25, 0.3) is 0 Å². The summed E-state index contributed by atoms with van der Waals surface area (Å²) in [5.41, 5.74) is 10.6. The zero-order chi connectivity index (χ0) is 20.8. The topological polar surface area (TPSA) is 73.4 Å². The minimum Gasteiger partial charge on any atom is -0.383 e. The summed E-state index contributed by atoms with van der Waals surface area (Å²) in [7, 11) is 3.77. The Kier molecular flexibility index (Phi) is 5.12. The van der Waals surface area contributed by atoms with Gasteiger partial charge in [0.1, 0.15) is 5.82 Å². The van der Waals surface area contributed by atoms with Crippen LogP contribution in [0.1, 0.15) is 63.5 Å². The highest BCUT2D eigenvalue weighted by Gasteiger charge is 2.44. The maximum atomic E-state index is 13.3. The summed E-state index contributed by atoms with van der Waals surface area (Å²) in [6.45, 7) is 8.51. The molecule has 28 heavy (non-hydrogen) atoms. The zero-order valence-corrected chi connectivity index (χ0v) is 17.7.